The van der Waals surface area contributed by atoms with Gasteiger partial charge in [0.05, 0.1) is 23.9 Å². The molecule has 1 unspecified atom stereocenters. The largest absolute Gasteiger partial charge is 0.468 e. The molecule has 4 heteroatoms. The minimum absolute atomic E-state index is 0.117. The van der Waals surface area contributed by atoms with Crippen LogP contribution in [0.1, 0.15) is 29.9 Å². The molecule has 1 heterocycles. The number of hydrogen-bond acceptors (Lipinski definition) is 3. The van der Waals surface area contributed by atoms with E-state index in [9.17, 15) is 0 Å². The van der Waals surface area contributed by atoms with Crippen LogP contribution in [0.15, 0.2) is 41.0 Å². The Morgan fingerprint density at radius 2 is 2.28 bits per heavy atom. The van der Waals surface area contributed by atoms with Crippen LogP contribution >= 0.6 is 11.6 Å². The fourth-order valence-electron chi connectivity index (χ4n) is 1.66. The maximum absolute atomic E-state index is 8.76. The molecule has 0 aliphatic heterocycles. The molecule has 0 amide bonds. The second-order valence-electron chi connectivity index (χ2n) is 4.04. The summed E-state index contributed by atoms with van der Waals surface area (Å²) in [7, 11) is 0. The van der Waals surface area contributed by atoms with Crippen molar-refractivity contribution in [3.63, 3.8) is 0 Å². The van der Waals surface area contributed by atoms with Crippen LogP contribution in [0.25, 0.3) is 0 Å². The summed E-state index contributed by atoms with van der Waals surface area (Å²) in [6.45, 7) is 2.66. The van der Waals surface area contributed by atoms with E-state index in [2.05, 4.69) is 11.4 Å². The Labute approximate surface area is 111 Å². The predicted molar refractivity (Wildman–Crippen MR) is 70.1 cm³/mol. The summed E-state index contributed by atoms with van der Waals surface area (Å²) in [5.41, 5.74) is 1.54. The molecule has 2 aromatic rings. The molecule has 1 aromatic heterocycles. The number of nitrogens with one attached hydrogen (secondary N) is 1. The van der Waals surface area contributed by atoms with E-state index in [1.165, 1.54) is 0 Å². The van der Waals surface area contributed by atoms with E-state index < -0.39 is 0 Å². The number of benzene rings is 1. The fourth-order valence-corrected chi connectivity index (χ4v) is 1.91. The smallest absolute Gasteiger partial charge is 0.120 e. The van der Waals surface area contributed by atoms with Gasteiger partial charge < -0.3 is 9.73 Å². The zero-order valence-electron chi connectivity index (χ0n) is 9.98. The first-order valence-corrected chi connectivity index (χ1v) is 6.04. The third kappa shape index (κ3) is 2.92. The molecule has 92 valence electrons. The van der Waals surface area contributed by atoms with E-state index in [-0.39, 0.29) is 6.04 Å². The van der Waals surface area contributed by atoms with Gasteiger partial charge in [0.15, 0.2) is 0 Å². The van der Waals surface area contributed by atoms with Crippen LogP contribution in [-0.4, -0.2) is 0 Å². The van der Waals surface area contributed by atoms with Gasteiger partial charge >= 0.3 is 0 Å². The van der Waals surface area contributed by atoms with Crippen LogP contribution in [0, 0.1) is 11.3 Å². The van der Waals surface area contributed by atoms with E-state index in [0.717, 1.165) is 11.3 Å². The Morgan fingerprint density at radius 1 is 1.44 bits per heavy atom. The Kier molecular flexibility index (Phi) is 4.03. The molecule has 0 aliphatic rings. The highest BCUT2D eigenvalue weighted by molar-refractivity contribution is 6.31. The summed E-state index contributed by atoms with van der Waals surface area (Å²) in [5, 5.41) is 12.7. The van der Waals surface area contributed by atoms with Gasteiger partial charge in [-0.15, -0.1) is 0 Å². The number of furan rings is 1. The summed E-state index contributed by atoms with van der Waals surface area (Å²) in [4.78, 5) is 0. The van der Waals surface area contributed by atoms with Gasteiger partial charge in [-0.1, -0.05) is 17.7 Å². The lowest BCUT2D eigenvalue weighted by Crippen LogP contribution is -2.17. The van der Waals surface area contributed by atoms with Crippen molar-refractivity contribution < 1.29 is 4.42 Å². The van der Waals surface area contributed by atoms with E-state index in [4.69, 9.17) is 21.3 Å². The third-order valence-electron chi connectivity index (χ3n) is 2.75. The van der Waals surface area contributed by atoms with Gasteiger partial charge in [-0.2, -0.15) is 5.26 Å². The van der Waals surface area contributed by atoms with E-state index >= 15 is 0 Å². The molecule has 1 N–H and O–H groups in total. The number of rotatable bonds is 4. The zero-order valence-corrected chi connectivity index (χ0v) is 10.7. The monoisotopic (exact) mass is 260 g/mol. The van der Waals surface area contributed by atoms with E-state index in [0.29, 0.717) is 17.1 Å². The molecule has 0 saturated carbocycles. The van der Waals surface area contributed by atoms with Gasteiger partial charge in [-0.05, 0) is 36.8 Å². The molecule has 3 nitrogen and oxygen atoms in total. The van der Waals surface area contributed by atoms with Gasteiger partial charge in [0, 0.05) is 11.6 Å². The molecule has 18 heavy (non-hydrogen) atoms. The highest BCUT2D eigenvalue weighted by Gasteiger charge is 2.08. The summed E-state index contributed by atoms with van der Waals surface area (Å²) in [6.07, 6.45) is 1.65. The number of nitrogens with zero attached hydrogens (tertiary/aromatic N) is 1. The molecule has 1 aromatic carbocycles. The van der Waals surface area contributed by atoms with E-state index in [1.807, 2.05) is 25.1 Å². The lowest BCUT2D eigenvalue weighted by molar-refractivity contribution is 0.430. The average molecular weight is 261 g/mol. The Hall–Kier alpha value is -1.76. The van der Waals surface area contributed by atoms with Gasteiger partial charge in [0.2, 0.25) is 0 Å². The summed E-state index contributed by atoms with van der Waals surface area (Å²) in [5.74, 6) is 0.889. The Balaban J connectivity index is 2.00. The van der Waals surface area contributed by atoms with Crippen molar-refractivity contribution in [2.24, 2.45) is 0 Å². The first-order valence-electron chi connectivity index (χ1n) is 5.66. The lowest BCUT2D eigenvalue weighted by atomic mass is 10.1. The minimum atomic E-state index is 0.117. The minimum Gasteiger partial charge on any atom is -0.468 e. The molecule has 0 radical (unpaired) electrons. The van der Waals surface area contributed by atoms with Crippen LogP contribution in [0.5, 0.6) is 0 Å². The predicted octanol–water partition coefficient (Wildman–Crippen LogP) is 3.66. The molecule has 0 aliphatic carbocycles. The fraction of sp³-hybridized carbons (Fsp3) is 0.214. The maximum atomic E-state index is 8.76. The maximum Gasteiger partial charge on any atom is 0.120 e. The van der Waals surface area contributed by atoms with Crippen molar-refractivity contribution in [3.8, 4) is 6.07 Å². The Bertz CT molecular complexity index is 558. The second-order valence-corrected chi connectivity index (χ2v) is 4.44. The molecule has 2 rings (SSSR count). The first kappa shape index (κ1) is 12.7. The highest BCUT2D eigenvalue weighted by atomic mass is 35.5. The number of halogens is 1. The SMILES string of the molecule is CC(NCc1ccc(C#N)cc1Cl)c1ccco1. The van der Waals surface area contributed by atoms with Crippen molar-refractivity contribution in [2.75, 3.05) is 0 Å². The first-order chi connectivity index (χ1) is 8.70. The van der Waals surface area contributed by atoms with Crippen molar-refractivity contribution in [2.45, 2.75) is 19.5 Å². The molecule has 0 bridgehead atoms. The molecule has 0 spiro atoms. The molecule has 0 fully saturated rings. The highest BCUT2D eigenvalue weighted by Crippen LogP contribution is 2.19. The van der Waals surface area contributed by atoms with Crippen LogP contribution in [0.3, 0.4) is 0 Å². The normalized spacial score (nSPS) is 12.1. The van der Waals surface area contributed by atoms with Crippen LogP contribution in [-0.2, 0) is 6.54 Å². The topological polar surface area (TPSA) is 49.0 Å². The third-order valence-corrected chi connectivity index (χ3v) is 3.10. The zero-order chi connectivity index (χ0) is 13.0. The van der Waals surface area contributed by atoms with Gasteiger partial charge in [0.25, 0.3) is 0 Å². The van der Waals surface area contributed by atoms with Crippen molar-refractivity contribution >= 4 is 11.6 Å². The van der Waals surface area contributed by atoms with E-state index in [1.54, 1.807) is 18.4 Å². The lowest BCUT2D eigenvalue weighted by Gasteiger charge is -2.12. The molecule has 1 atom stereocenters. The van der Waals surface area contributed by atoms with Crippen molar-refractivity contribution in [1.82, 2.24) is 5.32 Å². The number of nitriles is 1. The Morgan fingerprint density at radius 3 is 2.89 bits per heavy atom. The summed E-state index contributed by atoms with van der Waals surface area (Å²) < 4.78 is 5.31. The van der Waals surface area contributed by atoms with Crippen LogP contribution < -0.4 is 5.32 Å². The van der Waals surface area contributed by atoms with Gasteiger partial charge in [-0.25, -0.2) is 0 Å². The summed E-state index contributed by atoms with van der Waals surface area (Å²) in [6, 6.07) is 11.3. The molecule has 0 saturated heterocycles. The summed E-state index contributed by atoms with van der Waals surface area (Å²) >= 11 is 6.10. The average Bonchev–Trinajstić information content (AvgIpc) is 2.90. The van der Waals surface area contributed by atoms with Gasteiger partial charge in [-0.3, -0.25) is 0 Å². The van der Waals surface area contributed by atoms with Gasteiger partial charge in [0.1, 0.15) is 5.76 Å². The van der Waals surface area contributed by atoms with Crippen LogP contribution in [0.2, 0.25) is 5.02 Å². The molecular weight excluding hydrogens is 248 g/mol. The van der Waals surface area contributed by atoms with Crippen molar-refractivity contribution in [1.29, 1.82) is 5.26 Å². The van der Waals surface area contributed by atoms with Crippen LogP contribution in [0.4, 0.5) is 0 Å². The second kappa shape index (κ2) is 5.72. The molecular formula is C14H13ClN2O. The number of hydrogen-bond donors (Lipinski definition) is 1. The standard InChI is InChI=1S/C14H13ClN2O/c1-10(14-3-2-6-18-14)17-9-12-5-4-11(8-16)7-13(12)15/h2-7,10,17H,9H2,1H3. The quantitative estimate of drug-likeness (QED) is 0.913. The van der Waals surface area contributed by atoms with Crippen molar-refractivity contribution in [3.05, 3.63) is 58.5 Å².